The smallest absolute Gasteiger partial charge is 0.243 e. The molecule has 2 fully saturated rings. The predicted octanol–water partition coefficient (Wildman–Crippen LogP) is 0.330. The molecule has 1 amide bonds. The van der Waals surface area contributed by atoms with Gasteiger partial charge in [-0.1, -0.05) is 0 Å². The number of carbonyl (C=O) groups is 1. The Bertz CT molecular complexity index is 732. The third-order valence-corrected chi connectivity index (χ3v) is 6.94. The molecule has 150 valence electrons. The molecular weight excluding hydrogens is 368 g/mol. The number of nitrogens with zero attached hydrogens (tertiary/aromatic N) is 2. The van der Waals surface area contributed by atoms with Gasteiger partial charge in [0.05, 0.1) is 24.7 Å². The molecular formula is C18H28N4O4S. The highest BCUT2D eigenvalue weighted by Gasteiger charge is 2.26. The lowest BCUT2D eigenvalue weighted by molar-refractivity contribution is -0.117. The zero-order chi connectivity index (χ0) is 19.3. The number of benzene rings is 1. The van der Waals surface area contributed by atoms with Crippen LogP contribution < -0.4 is 10.6 Å². The molecule has 1 aromatic rings. The Labute approximate surface area is 160 Å². The van der Waals surface area contributed by atoms with Crippen LogP contribution in [0.5, 0.6) is 0 Å². The second-order valence-electron chi connectivity index (χ2n) is 6.95. The van der Waals surface area contributed by atoms with Gasteiger partial charge in [0.1, 0.15) is 0 Å². The Kier molecular flexibility index (Phi) is 6.83. The van der Waals surface area contributed by atoms with Crippen molar-refractivity contribution >= 4 is 21.6 Å². The number of hydrogen-bond acceptors (Lipinski definition) is 6. The van der Waals surface area contributed by atoms with Gasteiger partial charge in [0, 0.05) is 31.4 Å². The van der Waals surface area contributed by atoms with Crippen molar-refractivity contribution in [3.8, 4) is 0 Å². The van der Waals surface area contributed by atoms with Gasteiger partial charge in [-0.15, -0.1) is 0 Å². The molecule has 3 rings (SSSR count). The highest BCUT2D eigenvalue weighted by molar-refractivity contribution is 7.89. The van der Waals surface area contributed by atoms with Crippen LogP contribution in [0.4, 0.5) is 5.69 Å². The van der Waals surface area contributed by atoms with E-state index in [2.05, 4.69) is 15.5 Å². The van der Waals surface area contributed by atoms with Gasteiger partial charge in [0.25, 0.3) is 0 Å². The summed E-state index contributed by atoms with van der Waals surface area (Å²) in [7, 11) is -1.57. The first-order chi connectivity index (χ1) is 13.0. The summed E-state index contributed by atoms with van der Waals surface area (Å²) in [5.41, 5.74) is 0.600. The minimum Gasteiger partial charge on any atom is -0.379 e. The van der Waals surface area contributed by atoms with Gasteiger partial charge in [0.15, 0.2) is 0 Å². The summed E-state index contributed by atoms with van der Waals surface area (Å²) in [4.78, 5) is 14.7. The summed E-state index contributed by atoms with van der Waals surface area (Å²) in [6.45, 7) is 3.68. The van der Waals surface area contributed by atoms with Gasteiger partial charge in [0.2, 0.25) is 15.9 Å². The Hall–Kier alpha value is -1.52. The molecule has 2 aliphatic heterocycles. The highest BCUT2D eigenvalue weighted by Crippen LogP contribution is 2.19. The standard InChI is InChI=1S/C18H28N4O4S/c1-19-16-3-2-8-21(13-16)14-18(23)20-15-4-6-17(7-5-15)27(24,25)22-9-11-26-12-10-22/h4-7,16,19H,2-3,8-14H2,1H3,(H,20,23). The van der Waals surface area contributed by atoms with E-state index in [1.165, 1.54) is 4.31 Å². The van der Waals surface area contributed by atoms with Crippen molar-refractivity contribution in [2.45, 2.75) is 23.8 Å². The van der Waals surface area contributed by atoms with E-state index in [0.29, 0.717) is 44.6 Å². The van der Waals surface area contributed by atoms with Crippen LogP contribution in [0.15, 0.2) is 29.2 Å². The Morgan fingerprint density at radius 2 is 1.89 bits per heavy atom. The highest BCUT2D eigenvalue weighted by atomic mass is 32.2. The van der Waals surface area contributed by atoms with Gasteiger partial charge in [-0.25, -0.2) is 8.42 Å². The number of nitrogens with one attached hydrogen (secondary N) is 2. The van der Waals surface area contributed by atoms with E-state index in [9.17, 15) is 13.2 Å². The monoisotopic (exact) mass is 396 g/mol. The normalized spacial score (nSPS) is 22.5. The average Bonchev–Trinajstić information content (AvgIpc) is 2.69. The number of carbonyl (C=O) groups excluding carboxylic acids is 1. The van der Waals surface area contributed by atoms with Crippen LogP contribution in [-0.4, -0.2) is 82.6 Å². The zero-order valence-electron chi connectivity index (χ0n) is 15.7. The van der Waals surface area contributed by atoms with Crippen molar-refractivity contribution in [2.24, 2.45) is 0 Å². The summed E-state index contributed by atoms with van der Waals surface area (Å²) in [5, 5.41) is 6.11. The summed E-state index contributed by atoms with van der Waals surface area (Å²) < 4.78 is 31.9. The number of ether oxygens (including phenoxy) is 1. The molecule has 2 heterocycles. The Morgan fingerprint density at radius 1 is 1.19 bits per heavy atom. The van der Waals surface area contributed by atoms with Crippen molar-refractivity contribution < 1.29 is 17.9 Å². The largest absolute Gasteiger partial charge is 0.379 e. The number of likely N-dealkylation sites (N-methyl/N-ethyl adjacent to an activating group) is 1. The number of piperidine rings is 1. The number of anilines is 1. The fourth-order valence-corrected chi connectivity index (χ4v) is 4.89. The molecule has 1 atom stereocenters. The maximum Gasteiger partial charge on any atom is 0.243 e. The molecule has 1 aromatic carbocycles. The molecule has 0 aliphatic carbocycles. The molecule has 9 heteroatoms. The van der Waals surface area contributed by atoms with Crippen LogP contribution in [0.1, 0.15) is 12.8 Å². The van der Waals surface area contributed by atoms with Crippen molar-refractivity contribution in [1.82, 2.24) is 14.5 Å². The summed E-state index contributed by atoms with van der Waals surface area (Å²) in [5.74, 6) is -0.0875. The van der Waals surface area contributed by atoms with E-state index in [1.54, 1.807) is 24.3 Å². The summed E-state index contributed by atoms with van der Waals surface area (Å²) in [6, 6.07) is 6.78. The zero-order valence-corrected chi connectivity index (χ0v) is 16.5. The van der Waals surface area contributed by atoms with Crippen LogP contribution in [0.2, 0.25) is 0 Å². The summed E-state index contributed by atoms with van der Waals surface area (Å²) in [6.07, 6.45) is 2.21. The third kappa shape index (κ3) is 5.26. The fraction of sp³-hybridized carbons (Fsp3) is 0.611. The number of hydrogen-bond donors (Lipinski definition) is 2. The summed E-state index contributed by atoms with van der Waals surface area (Å²) >= 11 is 0. The number of likely N-dealkylation sites (tertiary alicyclic amines) is 1. The van der Waals surface area contributed by atoms with Crippen molar-refractivity contribution in [2.75, 3.05) is 58.3 Å². The van der Waals surface area contributed by atoms with Crippen LogP contribution >= 0.6 is 0 Å². The predicted molar refractivity (Wildman–Crippen MR) is 103 cm³/mol. The molecule has 8 nitrogen and oxygen atoms in total. The van der Waals surface area contributed by atoms with Gasteiger partial charge >= 0.3 is 0 Å². The minimum absolute atomic E-state index is 0.0875. The van der Waals surface area contributed by atoms with Crippen LogP contribution in [0.25, 0.3) is 0 Å². The van der Waals surface area contributed by atoms with Crippen molar-refractivity contribution in [3.05, 3.63) is 24.3 Å². The molecule has 0 bridgehead atoms. The first kappa shape index (κ1) is 20.2. The van der Waals surface area contributed by atoms with Crippen LogP contribution in [-0.2, 0) is 19.6 Å². The average molecular weight is 397 g/mol. The Balaban J connectivity index is 1.56. The van der Waals surface area contributed by atoms with E-state index < -0.39 is 10.0 Å². The SMILES string of the molecule is CNC1CCCN(CC(=O)Nc2ccc(S(=O)(=O)N3CCOCC3)cc2)C1. The number of rotatable bonds is 6. The number of morpholine rings is 1. The van der Waals surface area contributed by atoms with Crippen LogP contribution in [0, 0.1) is 0 Å². The fourth-order valence-electron chi connectivity index (χ4n) is 3.48. The van der Waals surface area contributed by atoms with Crippen molar-refractivity contribution in [1.29, 1.82) is 0 Å². The second kappa shape index (κ2) is 9.11. The van der Waals surface area contributed by atoms with E-state index >= 15 is 0 Å². The lowest BCUT2D eigenvalue weighted by Crippen LogP contribution is -2.46. The first-order valence-electron chi connectivity index (χ1n) is 9.36. The molecule has 1 unspecified atom stereocenters. The third-order valence-electron chi connectivity index (χ3n) is 5.03. The molecule has 0 saturated carbocycles. The van der Waals surface area contributed by atoms with Gasteiger partial charge < -0.3 is 15.4 Å². The lowest BCUT2D eigenvalue weighted by Gasteiger charge is -2.31. The van der Waals surface area contributed by atoms with Crippen LogP contribution in [0.3, 0.4) is 0 Å². The van der Waals surface area contributed by atoms with E-state index in [-0.39, 0.29) is 10.8 Å². The maximum absolute atomic E-state index is 12.6. The van der Waals surface area contributed by atoms with Gasteiger partial charge in [-0.05, 0) is 50.7 Å². The Morgan fingerprint density at radius 3 is 2.56 bits per heavy atom. The maximum atomic E-state index is 12.6. The van der Waals surface area contributed by atoms with Gasteiger partial charge in [-0.3, -0.25) is 9.69 Å². The molecule has 0 spiro atoms. The van der Waals surface area contributed by atoms with E-state index in [4.69, 9.17) is 4.74 Å². The number of sulfonamides is 1. The van der Waals surface area contributed by atoms with E-state index in [0.717, 1.165) is 25.9 Å². The van der Waals surface area contributed by atoms with Crippen molar-refractivity contribution in [3.63, 3.8) is 0 Å². The molecule has 2 N–H and O–H groups in total. The molecule has 0 aromatic heterocycles. The molecule has 27 heavy (non-hydrogen) atoms. The molecule has 2 aliphatic rings. The quantitative estimate of drug-likeness (QED) is 0.720. The lowest BCUT2D eigenvalue weighted by atomic mass is 10.1. The second-order valence-corrected chi connectivity index (χ2v) is 8.89. The number of amides is 1. The molecule has 0 radical (unpaired) electrons. The molecule has 2 saturated heterocycles. The van der Waals surface area contributed by atoms with E-state index in [1.807, 2.05) is 7.05 Å². The van der Waals surface area contributed by atoms with Gasteiger partial charge in [-0.2, -0.15) is 4.31 Å². The topological polar surface area (TPSA) is 91.0 Å². The first-order valence-corrected chi connectivity index (χ1v) is 10.8. The minimum atomic E-state index is -3.51.